The van der Waals surface area contributed by atoms with Crippen molar-refractivity contribution < 1.29 is 24.3 Å². The smallest absolute Gasteiger partial charge is 0.327 e. The molecule has 4 saturated carbocycles. The highest BCUT2D eigenvalue weighted by Gasteiger charge is 2.64. The molecular formula is C23H29N5O5S2. The molecule has 188 valence electrons. The van der Waals surface area contributed by atoms with Crippen LogP contribution >= 0.6 is 23.1 Å². The lowest BCUT2D eigenvalue weighted by Gasteiger charge is -2.54. The Morgan fingerprint density at radius 2 is 1.86 bits per heavy atom. The number of nitrogens with zero attached hydrogens (tertiary/aromatic N) is 3. The molecule has 7 rings (SSSR count). The first kappa shape index (κ1) is 23.1. The summed E-state index contributed by atoms with van der Waals surface area (Å²) in [6.07, 6.45) is 6.64. The number of nitrogens with one attached hydrogen (secondary N) is 1. The van der Waals surface area contributed by atoms with Crippen LogP contribution in [0, 0.1) is 17.8 Å². The highest BCUT2D eigenvalue weighted by Crippen LogP contribution is 2.57. The van der Waals surface area contributed by atoms with Crippen LogP contribution in [0.3, 0.4) is 0 Å². The van der Waals surface area contributed by atoms with E-state index in [2.05, 4.69) is 15.5 Å². The van der Waals surface area contributed by atoms with Crippen LogP contribution in [0.5, 0.6) is 0 Å². The minimum absolute atomic E-state index is 0.00279. The van der Waals surface area contributed by atoms with E-state index in [4.69, 9.17) is 10.6 Å². The maximum Gasteiger partial charge on any atom is 0.327 e. The molecule has 4 aliphatic carbocycles. The summed E-state index contributed by atoms with van der Waals surface area (Å²) in [6, 6.07) is -1.78. The fourth-order valence-electron chi connectivity index (χ4n) is 7.24. The predicted molar refractivity (Wildman–Crippen MR) is 131 cm³/mol. The number of hydrogen-bond acceptors (Lipinski definition) is 9. The van der Waals surface area contributed by atoms with E-state index in [1.54, 1.807) is 19.2 Å². The van der Waals surface area contributed by atoms with Gasteiger partial charge in [-0.1, -0.05) is 5.16 Å². The Morgan fingerprint density at radius 3 is 2.40 bits per heavy atom. The van der Waals surface area contributed by atoms with Gasteiger partial charge in [0.2, 0.25) is 5.91 Å². The molecule has 10 nitrogen and oxygen atoms in total. The zero-order valence-electron chi connectivity index (χ0n) is 19.6. The average molecular weight is 520 g/mol. The van der Waals surface area contributed by atoms with Gasteiger partial charge in [-0.15, -0.1) is 23.1 Å². The number of nitrogens with two attached hydrogens (primary N) is 1. The summed E-state index contributed by atoms with van der Waals surface area (Å²) < 4.78 is -0.673. The van der Waals surface area contributed by atoms with Crippen molar-refractivity contribution in [3.05, 3.63) is 11.1 Å². The largest absolute Gasteiger partial charge is 0.480 e. The molecule has 1 aromatic rings. The van der Waals surface area contributed by atoms with E-state index in [1.165, 1.54) is 47.3 Å². The summed E-state index contributed by atoms with van der Waals surface area (Å²) >= 11 is 2.58. The summed E-state index contributed by atoms with van der Waals surface area (Å²) in [4.78, 5) is 49.8. The van der Waals surface area contributed by atoms with Gasteiger partial charge in [0.05, 0.1) is 0 Å². The minimum Gasteiger partial charge on any atom is -0.480 e. The van der Waals surface area contributed by atoms with E-state index in [0.29, 0.717) is 28.6 Å². The first-order valence-corrected chi connectivity index (χ1v) is 13.8. The zero-order valence-corrected chi connectivity index (χ0v) is 21.2. The van der Waals surface area contributed by atoms with Crippen molar-refractivity contribution in [3.8, 4) is 0 Å². The minimum atomic E-state index is -1.05. The summed E-state index contributed by atoms with van der Waals surface area (Å²) in [5.74, 6) is -0.0538. The van der Waals surface area contributed by atoms with Crippen LogP contribution in [0.15, 0.2) is 10.5 Å². The molecule has 6 aliphatic rings. The number of carbonyl (C=O) groups is 3. The van der Waals surface area contributed by atoms with Gasteiger partial charge >= 0.3 is 5.97 Å². The first-order valence-electron chi connectivity index (χ1n) is 12.1. The van der Waals surface area contributed by atoms with E-state index < -0.39 is 40.0 Å². The third kappa shape index (κ3) is 3.71. The molecule has 0 aromatic carbocycles. The number of aliphatic carboxylic acids is 1. The summed E-state index contributed by atoms with van der Waals surface area (Å²) in [6.45, 7) is 3.59. The van der Waals surface area contributed by atoms with Crippen molar-refractivity contribution in [1.29, 1.82) is 0 Å². The second kappa shape index (κ2) is 7.83. The molecule has 0 radical (unpaired) electrons. The van der Waals surface area contributed by atoms with Gasteiger partial charge in [-0.3, -0.25) is 9.59 Å². The molecule has 2 amide bonds. The number of thiazole rings is 1. The number of oxime groups is 1. The lowest BCUT2D eigenvalue weighted by Crippen LogP contribution is -2.71. The quantitative estimate of drug-likeness (QED) is 0.294. The van der Waals surface area contributed by atoms with Crippen molar-refractivity contribution in [2.24, 2.45) is 22.9 Å². The van der Waals surface area contributed by atoms with Gasteiger partial charge in [0.15, 0.2) is 10.8 Å². The third-order valence-electron chi connectivity index (χ3n) is 8.25. The number of anilines is 1. The van der Waals surface area contributed by atoms with Crippen molar-refractivity contribution in [2.45, 2.75) is 80.2 Å². The van der Waals surface area contributed by atoms with Gasteiger partial charge < -0.3 is 25.9 Å². The van der Waals surface area contributed by atoms with Gasteiger partial charge in [0, 0.05) is 10.1 Å². The fourth-order valence-corrected chi connectivity index (χ4v) is 9.41. The van der Waals surface area contributed by atoms with Crippen molar-refractivity contribution in [2.75, 3.05) is 5.73 Å². The Kier molecular flexibility index (Phi) is 5.16. The molecule has 2 aliphatic heterocycles. The molecular weight excluding hydrogens is 490 g/mol. The number of thioether (sulfide) groups is 1. The molecule has 12 heteroatoms. The molecule has 6 fully saturated rings. The monoisotopic (exact) mass is 519 g/mol. The Labute approximate surface area is 211 Å². The maximum absolute atomic E-state index is 13.4. The molecule has 0 spiro atoms. The maximum atomic E-state index is 13.4. The molecule has 35 heavy (non-hydrogen) atoms. The Morgan fingerprint density at radius 1 is 1.23 bits per heavy atom. The van der Waals surface area contributed by atoms with Gasteiger partial charge in [0.25, 0.3) is 5.91 Å². The molecule has 3 heterocycles. The number of carbonyl (C=O) groups excluding carboxylic acids is 2. The molecule has 4 bridgehead atoms. The van der Waals surface area contributed by atoms with Crippen molar-refractivity contribution in [1.82, 2.24) is 15.2 Å². The van der Waals surface area contributed by atoms with Gasteiger partial charge in [-0.05, 0) is 70.1 Å². The number of aromatic nitrogens is 1. The van der Waals surface area contributed by atoms with E-state index >= 15 is 0 Å². The fraction of sp³-hybridized carbons (Fsp3) is 0.696. The van der Waals surface area contributed by atoms with Crippen LogP contribution in [0.25, 0.3) is 0 Å². The Bertz CT molecular complexity index is 1100. The SMILES string of the molecule is CC1(C)S[C@@H]2[C@@H](NC(=O)/C(=N\OC34CC5CC(CC(C5)C3)C4)c3csc(N)n3)C(=O)N2[C@H]1C(=O)O. The van der Waals surface area contributed by atoms with Gasteiger partial charge in [-0.25, -0.2) is 9.78 Å². The number of carboxylic acids is 1. The molecule has 2 saturated heterocycles. The van der Waals surface area contributed by atoms with Crippen LogP contribution < -0.4 is 11.1 Å². The third-order valence-corrected chi connectivity index (χ3v) is 10.5. The molecule has 3 atom stereocenters. The van der Waals surface area contributed by atoms with E-state index in [9.17, 15) is 19.5 Å². The lowest BCUT2D eigenvalue weighted by atomic mass is 9.54. The molecule has 1 aromatic heterocycles. The summed E-state index contributed by atoms with van der Waals surface area (Å²) in [5, 5.41) is 18.3. The first-order chi connectivity index (χ1) is 16.6. The van der Waals surface area contributed by atoms with Crippen LogP contribution in [0.2, 0.25) is 0 Å². The van der Waals surface area contributed by atoms with Gasteiger partial charge in [-0.2, -0.15) is 0 Å². The van der Waals surface area contributed by atoms with Crippen LogP contribution in [-0.2, 0) is 19.2 Å². The van der Waals surface area contributed by atoms with Crippen molar-refractivity contribution in [3.63, 3.8) is 0 Å². The van der Waals surface area contributed by atoms with Gasteiger partial charge in [0.1, 0.15) is 28.8 Å². The van der Waals surface area contributed by atoms with Crippen LogP contribution in [0.4, 0.5) is 5.13 Å². The second-order valence-corrected chi connectivity index (χ2v) is 13.9. The zero-order chi connectivity index (χ0) is 24.7. The van der Waals surface area contributed by atoms with Crippen LogP contribution in [-0.4, -0.2) is 66.3 Å². The number of amides is 2. The standard InChI is InChI=1S/C23H29N5O5S2/c1-22(2)16(20(31)32)28-18(30)15(19(28)35-22)26-17(29)14(13-9-34-21(24)25-13)27-33-23-6-10-3-11(7-23)5-12(4-10)8-23/h9-12,15-16,19H,3-8H2,1-2H3,(H2,24,25)(H,26,29)(H,31,32)/b27-14-/t10?,11?,12?,15-,16-,19+,23?/m0/s1. The van der Waals surface area contributed by atoms with E-state index in [-0.39, 0.29) is 11.3 Å². The summed E-state index contributed by atoms with van der Waals surface area (Å²) in [7, 11) is 0. The van der Waals surface area contributed by atoms with Crippen molar-refractivity contribution >= 4 is 51.7 Å². The number of rotatable bonds is 6. The predicted octanol–water partition coefficient (Wildman–Crippen LogP) is 2.05. The number of hydrogen-bond donors (Lipinski definition) is 3. The second-order valence-electron chi connectivity index (χ2n) is 11.3. The summed E-state index contributed by atoms with van der Waals surface area (Å²) in [5.41, 5.74) is 5.78. The number of β-lactam (4-membered cyclic amide) rings is 1. The number of nitrogen functional groups attached to an aromatic ring is 1. The lowest BCUT2D eigenvalue weighted by molar-refractivity contribution is -0.162. The molecule has 4 N–H and O–H groups in total. The average Bonchev–Trinajstić information content (AvgIpc) is 3.29. The van der Waals surface area contributed by atoms with E-state index in [1.807, 2.05) is 0 Å². The highest BCUT2D eigenvalue weighted by molar-refractivity contribution is 8.01. The van der Waals surface area contributed by atoms with Crippen LogP contribution in [0.1, 0.15) is 58.1 Å². The van der Waals surface area contributed by atoms with E-state index in [0.717, 1.165) is 19.3 Å². The number of carboxylic acid groups (broad SMARTS) is 1. The Balaban J connectivity index is 1.23. The Hall–Kier alpha value is -2.34. The normalized spacial score (nSPS) is 38.7. The number of fused-ring (bicyclic) bond motifs is 1. The topological polar surface area (TPSA) is 147 Å². The molecule has 0 unspecified atom stereocenters. The highest BCUT2D eigenvalue weighted by atomic mass is 32.2.